The Morgan fingerprint density at radius 2 is 1.74 bits per heavy atom. The van der Waals surface area contributed by atoms with E-state index in [2.05, 4.69) is 16.1 Å². The van der Waals surface area contributed by atoms with Gasteiger partial charge in [-0.3, -0.25) is 5.32 Å². The predicted octanol–water partition coefficient (Wildman–Crippen LogP) is 6.62. The first-order valence-electron chi connectivity index (χ1n) is 12.2. The summed E-state index contributed by atoms with van der Waals surface area (Å²) >= 11 is 12.1. The maximum Gasteiger partial charge on any atom is 0.491 e. The van der Waals surface area contributed by atoms with Crippen molar-refractivity contribution in [1.82, 2.24) is 5.32 Å². The number of hydrogen-bond donors (Lipinski definition) is 1. The molecule has 0 bridgehead atoms. The van der Waals surface area contributed by atoms with Crippen LogP contribution in [0.5, 0.6) is 0 Å². The Morgan fingerprint density at radius 1 is 1.08 bits per heavy atom. The van der Waals surface area contributed by atoms with Gasteiger partial charge in [-0.15, -0.1) is 0 Å². The Hall–Kier alpha value is -2.67. The van der Waals surface area contributed by atoms with Gasteiger partial charge in [-0.05, 0) is 41.7 Å². The lowest BCUT2D eigenvalue weighted by Gasteiger charge is -2.37. The molecule has 38 heavy (non-hydrogen) atoms. The molecule has 2 fully saturated rings. The number of halogens is 6. The van der Waals surface area contributed by atoms with E-state index in [4.69, 9.17) is 23.2 Å². The highest BCUT2D eigenvalue weighted by Crippen LogP contribution is 2.52. The minimum absolute atomic E-state index is 0.158. The average molecular weight is 571 g/mol. The minimum Gasteiger partial charge on any atom is -0.385 e. The Morgan fingerprint density at radius 3 is 2.34 bits per heavy atom. The van der Waals surface area contributed by atoms with Gasteiger partial charge in [0.25, 0.3) is 0 Å². The minimum atomic E-state index is -5.42. The molecule has 2 aliphatic rings. The third kappa shape index (κ3) is 5.40. The molecule has 1 N–H and O–H groups in total. The highest BCUT2D eigenvalue weighted by atomic mass is 35.5. The van der Waals surface area contributed by atoms with E-state index in [1.807, 2.05) is 0 Å². The fourth-order valence-corrected chi connectivity index (χ4v) is 6.16. The standard InChI is InChI=1S/C27H24Cl2F4N2O3/c28-17-11-9-16(10-12-17)26(14-34)20(13-15-5-2-1-3-6-15)35-23(24(36)38-25(37)27(31,32)33)21(26)18-7-4-8-19(29)22(18)30/h4,7-12,15,20-21,23,35H,1-3,5-6,13H2/t20-,21-,23+,26-/m0/s1. The first-order valence-corrected chi connectivity index (χ1v) is 12.9. The van der Waals surface area contributed by atoms with Gasteiger partial charge in [-0.1, -0.05) is 79.6 Å². The molecule has 0 radical (unpaired) electrons. The lowest BCUT2D eigenvalue weighted by molar-refractivity contribution is -0.202. The summed E-state index contributed by atoms with van der Waals surface area (Å²) < 4.78 is 58.6. The maximum atomic E-state index is 15.5. The molecule has 1 saturated carbocycles. The van der Waals surface area contributed by atoms with Gasteiger partial charge < -0.3 is 4.74 Å². The highest BCUT2D eigenvalue weighted by Gasteiger charge is 2.61. The Labute approximate surface area is 227 Å². The third-order valence-corrected chi connectivity index (χ3v) is 8.09. The molecule has 1 aliphatic heterocycles. The summed E-state index contributed by atoms with van der Waals surface area (Å²) in [6.45, 7) is 0. The van der Waals surface area contributed by atoms with Gasteiger partial charge in [0.15, 0.2) is 0 Å². The molecular weight excluding hydrogens is 547 g/mol. The van der Waals surface area contributed by atoms with Crippen LogP contribution in [0, 0.1) is 23.1 Å². The molecule has 0 amide bonds. The molecule has 1 heterocycles. The zero-order valence-corrected chi connectivity index (χ0v) is 21.5. The Kier molecular flexibility index (Phi) is 8.36. The van der Waals surface area contributed by atoms with Gasteiger partial charge in [-0.25, -0.2) is 14.0 Å². The molecular formula is C27H24Cl2F4N2O3. The van der Waals surface area contributed by atoms with Crippen LogP contribution in [-0.2, 0) is 19.7 Å². The summed E-state index contributed by atoms with van der Waals surface area (Å²) in [7, 11) is 0. The van der Waals surface area contributed by atoms with Crippen LogP contribution in [0.2, 0.25) is 10.0 Å². The van der Waals surface area contributed by atoms with E-state index in [0.717, 1.165) is 32.1 Å². The van der Waals surface area contributed by atoms with Crippen LogP contribution in [0.15, 0.2) is 42.5 Å². The first kappa shape index (κ1) is 28.3. The maximum absolute atomic E-state index is 15.5. The van der Waals surface area contributed by atoms with Gasteiger partial charge in [-0.2, -0.15) is 18.4 Å². The van der Waals surface area contributed by atoms with E-state index in [0.29, 0.717) is 17.0 Å². The monoisotopic (exact) mass is 570 g/mol. The normalized spacial score (nSPS) is 26.1. The summed E-state index contributed by atoms with van der Waals surface area (Å²) in [5.41, 5.74) is -1.41. The van der Waals surface area contributed by atoms with Crippen molar-refractivity contribution < 1.29 is 31.9 Å². The fraction of sp³-hybridized carbons (Fsp3) is 0.444. The van der Waals surface area contributed by atoms with Crippen molar-refractivity contribution in [3.8, 4) is 6.07 Å². The van der Waals surface area contributed by atoms with Crippen molar-refractivity contribution in [1.29, 1.82) is 5.26 Å². The van der Waals surface area contributed by atoms with E-state index in [-0.39, 0.29) is 16.5 Å². The molecule has 11 heteroatoms. The second-order valence-corrected chi connectivity index (χ2v) is 10.6. The molecule has 0 unspecified atom stereocenters. The molecule has 0 aromatic heterocycles. The summed E-state index contributed by atoms with van der Waals surface area (Å²) in [6, 6.07) is 10.1. The van der Waals surface area contributed by atoms with Crippen molar-refractivity contribution in [3.05, 3.63) is 69.5 Å². The number of nitrogens with one attached hydrogen (secondary N) is 1. The fourth-order valence-electron chi connectivity index (χ4n) is 5.85. The van der Waals surface area contributed by atoms with E-state index in [1.54, 1.807) is 12.1 Å². The molecule has 1 saturated heterocycles. The number of nitriles is 1. The van der Waals surface area contributed by atoms with Crippen molar-refractivity contribution in [2.45, 2.75) is 68.1 Å². The second-order valence-electron chi connectivity index (χ2n) is 9.75. The van der Waals surface area contributed by atoms with Gasteiger partial charge in [0, 0.05) is 17.0 Å². The van der Waals surface area contributed by atoms with Crippen LogP contribution in [0.25, 0.3) is 0 Å². The van der Waals surface area contributed by atoms with Crippen molar-refractivity contribution >= 4 is 35.1 Å². The smallest absolute Gasteiger partial charge is 0.385 e. The molecule has 5 nitrogen and oxygen atoms in total. The molecule has 4 rings (SSSR count). The quantitative estimate of drug-likeness (QED) is 0.248. The summed E-state index contributed by atoms with van der Waals surface area (Å²) in [6.07, 6.45) is -0.247. The van der Waals surface area contributed by atoms with Crippen LogP contribution in [-0.4, -0.2) is 30.2 Å². The lowest BCUT2D eigenvalue weighted by atomic mass is 9.63. The van der Waals surface area contributed by atoms with Crippen LogP contribution in [0.1, 0.15) is 55.6 Å². The van der Waals surface area contributed by atoms with Crippen molar-refractivity contribution in [2.24, 2.45) is 5.92 Å². The number of benzene rings is 2. The number of carbonyl (C=O) groups is 2. The third-order valence-electron chi connectivity index (χ3n) is 7.55. The van der Waals surface area contributed by atoms with Crippen LogP contribution < -0.4 is 5.32 Å². The van der Waals surface area contributed by atoms with Gasteiger partial charge in [0.05, 0.1) is 11.1 Å². The number of nitrogens with zero attached hydrogens (tertiary/aromatic N) is 1. The van der Waals surface area contributed by atoms with Crippen LogP contribution in [0.4, 0.5) is 17.6 Å². The Bertz CT molecular complexity index is 1240. The number of rotatable bonds is 5. The number of hydrogen-bond acceptors (Lipinski definition) is 5. The van der Waals surface area contributed by atoms with Crippen molar-refractivity contribution in [2.75, 3.05) is 0 Å². The topological polar surface area (TPSA) is 79.2 Å². The second kappa shape index (κ2) is 11.2. The largest absolute Gasteiger partial charge is 0.491 e. The van der Waals surface area contributed by atoms with Gasteiger partial charge in [0.2, 0.25) is 0 Å². The summed E-state index contributed by atoms with van der Waals surface area (Å²) in [5, 5.41) is 13.8. The molecule has 2 aromatic carbocycles. The van der Waals surface area contributed by atoms with Gasteiger partial charge >= 0.3 is 18.1 Å². The van der Waals surface area contributed by atoms with Crippen LogP contribution in [0.3, 0.4) is 0 Å². The van der Waals surface area contributed by atoms with E-state index in [9.17, 15) is 28.0 Å². The molecule has 2 aromatic rings. The van der Waals surface area contributed by atoms with E-state index < -0.39 is 47.3 Å². The SMILES string of the molecule is N#C[C@]1(c2ccc(Cl)cc2)[C@H](CC2CCCCC2)N[C@@H](C(=O)OC(=O)C(F)(F)F)[C@@H]1c1cccc(Cl)c1F. The zero-order chi connectivity index (χ0) is 27.7. The first-order chi connectivity index (χ1) is 18.0. The molecule has 4 atom stereocenters. The molecule has 202 valence electrons. The number of alkyl halides is 3. The van der Waals surface area contributed by atoms with Crippen LogP contribution >= 0.6 is 23.2 Å². The van der Waals surface area contributed by atoms with Gasteiger partial charge in [0.1, 0.15) is 17.3 Å². The van der Waals surface area contributed by atoms with E-state index in [1.165, 1.54) is 30.3 Å². The average Bonchev–Trinajstić information content (AvgIpc) is 3.20. The predicted molar refractivity (Wildman–Crippen MR) is 132 cm³/mol. The molecule has 0 spiro atoms. The summed E-state index contributed by atoms with van der Waals surface area (Å²) in [4.78, 5) is 24.7. The number of esters is 2. The summed E-state index contributed by atoms with van der Waals surface area (Å²) in [5.74, 6) is -6.39. The van der Waals surface area contributed by atoms with E-state index >= 15 is 4.39 Å². The Balaban J connectivity index is 1.89. The molecule has 1 aliphatic carbocycles. The lowest BCUT2D eigenvalue weighted by Crippen LogP contribution is -2.43. The number of ether oxygens (including phenoxy) is 1. The highest BCUT2D eigenvalue weighted by molar-refractivity contribution is 6.31. The number of carbonyl (C=O) groups excluding carboxylic acids is 2. The van der Waals surface area contributed by atoms with Crippen molar-refractivity contribution in [3.63, 3.8) is 0 Å². The zero-order valence-electron chi connectivity index (χ0n) is 20.0.